The fourth-order valence-electron chi connectivity index (χ4n) is 2.58. The van der Waals surface area contributed by atoms with Crippen LogP contribution in [0.4, 0.5) is 14.5 Å². The summed E-state index contributed by atoms with van der Waals surface area (Å²) in [5.74, 6) is -1.83. The Labute approximate surface area is 148 Å². The van der Waals surface area contributed by atoms with Crippen LogP contribution >= 0.6 is 11.3 Å². The third kappa shape index (κ3) is 3.74. The van der Waals surface area contributed by atoms with Gasteiger partial charge in [-0.15, -0.1) is 11.3 Å². The molecule has 0 N–H and O–H groups in total. The summed E-state index contributed by atoms with van der Waals surface area (Å²) in [5, 5.41) is 1.89. The van der Waals surface area contributed by atoms with Gasteiger partial charge in [0.15, 0.2) is 0 Å². The molecule has 0 aliphatic carbocycles. The van der Waals surface area contributed by atoms with E-state index < -0.39 is 11.6 Å². The first-order valence-corrected chi connectivity index (χ1v) is 8.57. The predicted molar refractivity (Wildman–Crippen MR) is 94.9 cm³/mol. The summed E-state index contributed by atoms with van der Waals surface area (Å²) in [6.45, 7) is 3.78. The number of aromatic nitrogens is 1. The summed E-state index contributed by atoms with van der Waals surface area (Å²) < 4.78 is 27.6. The molecule has 0 aliphatic heterocycles. The van der Waals surface area contributed by atoms with Crippen molar-refractivity contribution in [3.05, 3.63) is 81.3 Å². The minimum absolute atomic E-state index is 0.0415. The standard InChI is InChI=1S/C19H16F2N2OS/c1-12-5-7-16(13(2)22-12)19(24)23(11-15-4-3-9-25-15)18-8-6-14(20)10-17(18)21/h3-10H,11H2,1-2H3. The smallest absolute Gasteiger partial charge is 0.260 e. The molecule has 1 aromatic carbocycles. The number of nitrogens with zero attached hydrogens (tertiary/aromatic N) is 2. The molecular formula is C19H16F2N2OS. The van der Waals surface area contributed by atoms with E-state index in [2.05, 4.69) is 4.98 Å². The van der Waals surface area contributed by atoms with E-state index in [1.54, 1.807) is 19.1 Å². The third-order valence-corrected chi connectivity index (χ3v) is 4.66. The first kappa shape index (κ1) is 17.2. The van der Waals surface area contributed by atoms with Crippen LogP contribution < -0.4 is 4.90 Å². The lowest BCUT2D eigenvalue weighted by Gasteiger charge is -2.23. The minimum Gasteiger partial charge on any atom is -0.300 e. The second kappa shape index (κ2) is 7.11. The summed E-state index contributed by atoms with van der Waals surface area (Å²) in [5.41, 5.74) is 1.81. The van der Waals surface area contributed by atoms with Gasteiger partial charge in [0.2, 0.25) is 0 Å². The molecule has 3 rings (SSSR count). The number of amides is 1. The Morgan fingerprint density at radius 2 is 1.96 bits per heavy atom. The second-order valence-electron chi connectivity index (χ2n) is 5.65. The minimum atomic E-state index is -0.775. The van der Waals surface area contributed by atoms with E-state index in [0.717, 1.165) is 22.7 Å². The molecule has 0 bridgehead atoms. The molecule has 1 amide bonds. The maximum Gasteiger partial charge on any atom is 0.260 e. The van der Waals surface area contributed by atoms with Gasteiger partial charge in [0.1, 0.15) is 11.6 Å². The van der Waals surface area contributed by atoms with E-state index >= 15 is 0 Å². The highest BCUT2D eigenvalue weighted by atomic mass is 32.1. The second-order valence-corrected chi connectivity index (χ2v) is 6.68. The van der Waals surface area contributed by atoms with Gasteiger partial charge in [0.25, 0.3) is 5.91 Å². The maximum absolute atomic E-state index is 14.3. The third-order valence-electron chi connectivity index (χ3n) is 3.80. The van der Waals surface area contributed by atoms with E-state index in [4.69, 9.17) is 0 Å². The Balaban J connectivity index is 2.05. The van der Waals surface area contributed by atoms with Crippen molar-refractivity contribution in [2.24, 2.45) is 0 Å². The molecule has 3 nitrogen and oxygen atoms in total. The Bertz CT molecular complexity index is 910. The van der Waals surface area contributed by atoms with Crippen LogP contribution in [-0.4, -0.2) is 10.9 Å². The van der Waals surface area contributed by atoms with Gasteiger partial charge in [0, 0.05) is 16.6 Å². The summed E-state index contributed by atoms with van der Waals surface area (Å²) in [6, 6.07) is 10.4. The zero-order valence-corrected chi connectivity index (χ0v) is 14.6. The van der Waals surface area contributed by atoms with Crippen LogP contribution in [0.1, 0.15) is 26.6 Å². The Morgan fingerprint density at radius 3 is 2.60 bits per heavy atom. The number of carbonyl (C=O) groups is 1. The number of benzene rings is 1. The number of aryl methyl sites for hydroxylation is 2. The SMILES string of the molecule is Cc1ccc(C(=O)N(Cc2cccs2)c2ccc(F)cc2F)c(C)n1. The average molecular weight is 358 g/mol. The molecule has 0 aliphatic rings. The molecule has 0 saturated heterocycles. The van der Waals surface area contributed by atoms with Crippen molar-refractivity contribution in [2.75, 3.05) is 4.90 Å². The molecule has 3 aromatic rings. The normalized spacial score (nSPS) is 10.7. The van der Waals surface area contributed by atoms with Crippen molar-refractivity contribution in [2.45, 2.75) is 20.4 Å². The van der Waals surface area contributed by atoms with E-state index in [1.165, 1.54) is 22.3 Å². The highest BCUT2D eigenvalue weighted by Crippen LogP contribution is 2.26. The molecule has 6 heteroatoms. The molecular weight excluding hydrogens is 342 g/mol. The van der Waals surface area contributed by atoms with Crippen molar-refractivity contribution in [1.82, 2.24) is 4.98 Å². The number of halogens is 2. The van der Waals surface area contributed by atoms with Crippen molar-refractivity contribution in [1.29, 1.82) is 0 Å². The zero-order chi connectivity index (χ0) is 18.0. The highest BCUT2D eigenvalue weighted by Gasteiger charge is 2.23. The molecule has 25 heavy (non-hydrogen) atoms. The number of hydrogen-bond donors (Lipinski definition) is 0. The van der Waals surface area contributed by atoms with Gasteiger partial charge in [-0.3, -0.25) is 9.78 Å². The zero-order valence-electron chi connectivity index (χ0n) is 13.8. The van der Waals surface area contributed by atoms with Crippen LogP contribution in [-0.2, 0) is 6.54 Å². The number of anilines is 1. The van der Waals surface area contributed by atoms with E-state index in [0.29, 0.717) is 11.3 Å². The monoisotopic (exact) mass is 358 g/mol. The number of hydrogen-bond acceptors (Lipinski definition) is 3. The number of rotatable bonds is 4. The van der Waals surface area contributed by atoms with Crippen molar-refractivity contribution in [3.8, 4) is 0 Å². The largest absolute Gasteiger partial charge is 0.300 e. The number of pyridine rings is 1. The van der Waals surface area contributed by atoms with E-state index in [9.17, 15) is 13.6 Å². The first-order valence-electron chi connectivity index (χ1n) is 7.69. The molecule has 0 fully saturated rings. The maximum atomic E-state index is 14.3. The summed E-state index contributed by atoms with van der Waals surface area (Å²) in [7, 11) is 0. The molecule has 0 radical (unpaired) electrons. The lowest BCUT2D eigenvalue weighted by atomic mass is 10.1. The fourth-order valence-corrected chi connectivity index (χ4v) is 3.28. The van der Waals surface area contributed by atoms with E-state index in [1.807, 2.05) is 24.4 Å². The van der Waals surface area contributed by atoms with Gasteiger partial charge in [-0.25, -0.2) is 8.78 Å². The van der Waals surface area contributed by atoms with Crippen LogP contribution in [0.3, 0.4) is 0 Å². The average Bonchev–Trinajstić information content (AvgIpc) is 3.06. The molecule has 2 aromatic heterocycles. The Kier molecular flexibility index (Phi) is 4.90. The topological polar surface area (TPSA) is 33.2 Å². The van der Waals surface area contributed by atoms with E-state index in [-0.39, 0.29) is 18.1 Å². The van der Waals surface area contributed by atoms with Gasteiger partial charge in [-0.05, 0) is 49.6 Å². The van der Waals surface area contributed by atoms with Crippen molar-refractivity contribution >= 4 is 22.9 Å². The van der Waals surface area contributed by atoms with Crippen LogP contribution in [0.25, 0.3) is 0 Å². The summed E-state index contributed by atoms with van der Waals surface area (Å²) in [4.78, 5) is 19.6. The first-order chi connectivity index (χ1) is 12.0. The number of thiophene rings is 1. The summed E-state index contributed by atoms with van der Waals surface area (Å²) in [6.07, 6.45) is 0. The number of carbonyl (C=O) groups excluding carboxylic acids is 1. The van der Waals surface area contributed by atoms with Crippen LogP contribution in [0.5, 0.6) is 0 Å². The van der Waals surface area contributed by atoms with Crippen LogP contribution in [0.15, 0.2) is 47.8 Å². The molecule has 0 spiro atoms. The quantitative estimate of drug-likeness (QED) is 0.666. The Hall–Kier alpha value is -2.60. The van der Waals surface area contributed by atoms with Gasteiger partial charge in [-0.1, -0.05) is 6.07 Å². The van der Waals surface area contributed by atoms with Gasteiger partial charge in [0.05, 0.1) is 23.5 Å². The van der Waals surface area contributed by atoms with Crippen LogP contribution in [0.2, 0.25) is 0 Å². The molecule has 128 valence electrons. The molecule has 2 heterocycles. The van der Waals surface area contributed by atoms with Gasteiger partial charge in [-0.2, -0.15) is 0 Å². The molecule has 0 atom stereocenters. The fraction of sp³-hybridized carbons (Fsp3) is 0.158. The van der Waals surface area contributed by atoms with Crippen LogP contribution in [0, 0.1) is 25.5 Å². The van der Waals surface area contributed by atoms with Crippen molar-refractivity contribution < 1.29 is 13.6 Å². The predicted octanol–water partition coefficient (Wildman–Crippen LogP) is 4.89. The highest BCUT2D eigenvalue weighted by molar-refractivity contribution is 7.09. The lowest BCUT2D eigenvalue weighted by molar-refractivity contribution is 0.0983. The van der Waals surface area contributed by atoms with Crippen molar-refractivity contribution in [3.63, 3.8) is 0 Å². The van der Waals surface area contributed by atoms with Gasteiger partial charge < -0.3 is 4.90 Å². The summed E-state index contributed by atoms with van der Waals surface area (Å²) >= 11 is 1.47. The lowest BCUT2D eigenvalue weighted by Crippen LogP contribution is -2.31. The Morgan fingerprint density at radius 1 is 1.16 bits per heavy atom. The van der Waals surface area contributed by atoms with Gasteiger partial charge >= 0.3 is 0 Å². The molecule has 0 unspecified atom stereocenters. The molecule has 0 saturated carbocycles.